The van der Waals surface area contributed by atoms with Crippen molar-refractivity contribution in [1.29, 1.82) is 5.41 Å². The smallest absolute Gasteiger partial charge is 0.357 e. The number of hydrogen-bond acceptors (Lipinski definition) is 5. The molecule has 0 atom stereocenters. The monoisotopic (exact) mass is 299 g/mol. The number of esters is 1. The summed E-state index contributed by atoms with van der Waals surface area (Å²) in [4.78, 5) is 12.0. The molecule has 2 aromatic carbocycles. The van der Waals surface area contributed by atoms with Crippen LogP contribution in [-0.2, 0) is 16.1 Å². The molecule has 0 unspecified atom stereocenters. The van der Waals surface area contributed by atoms with Gasteiger partial charge in [-0.05, 0) is 23.8 Å². The zero-order valence-corrected chi connectivity index (χ0v) is 12.5. The number of methoxy groups -OCH3 is 2. The maximum Gasteiger partial charge on any atom is 0.357 e. The van der Waals surface area contributed by atoms with Crippen LogP contribution < -0.4 is 9.47 Å². The van der Waals surface area contributed by atoms with Crippen molar-refractivity contribution in [3.05, 3.63) is 59.7 Å². The lowest BCUT2D eigenvalue weighted by Gasteiger charge is -2.11. The van der Waals surface area contributed by atoms with Gasteiger partial charge in [-0.1, -0.05) is 30.3 Å². The van der Waals surface area contributed by atoms with Crippen LogP contribution in [0.2, 0.25) is 0 Å². The third-order valence-electron chi connectivity index (χ3n) is 3.09. The summed E-state index contributed by atoms with van der Waals surface area (Å²) in [6, 6.07) is 14.2. The van der Waals surface area contributed by atoms with Crippen molar-refractivity contribution in [2.24, 2.45) is 0 Å². The molecule has 22 heavy (non-hydrogen) atoms. The number of carbonyl (C=O) groups is 1. The first-order valence-corrected chi connectivity index (χ1v) is 6.67. The topological polar surface area (TPSA) is 68.6 Å². The SMILES string of the molecule is COc1ccc(OC)c(C(=N)C(=O)OCc2ccccc2)c1. The minimum atomic E-state index is -0.713. The number of hydrogen-bond donors (Lipinski definition) is 1. The summed E-state index contributed by atoms with van der Waals surface area (Å²) in [6.07, 6.45) is 0. The number of nitrogens with one attached hydrogen (secondary N) is 1. The van der Waals surface area contributed by atoms with Gasteiger partial charge in [0.2, 0.25) is 0 Å². The molecule has 0 fully saturated rings. The largest absolute Gasteiger partial charge is 0.497 e. The van der Waals surface area contributed by atoms with E-state index in [1.54, 1.807) is 18.2 Å². The highest BCUT2D eigenvalue weighted by molar-refractivity contribution is 6.42. The quantitative estimate of drug-likeness (QED) is 0.658. The molecule has 0 amide bonds. The molecule has 0 saturated carbocycles. The Kier molecular flexibility index (Phi) is 5.14. The molecular weight excluding hydrogens is 282 g/mol. The van der Waals surface area contributed by atoms with Gasteiger partial charge in [0.05, 0.1) is 19.8 Å². The van der Waals surface area contributed by atoms with Crippen molar-refractivity contribution in [2.45, 2.75) is 6.61 Å². The van der Waals surface area contributed by atoms with Gasteiger partial charge in [-0.3, -0.25) is 5.41 Å². The van der Waals surface area contributed by atoms with Gasteiger partial charge in [-0.15, -0.1) is 0 Å². The maximum atomic E-state index is 12.0. The Labute approximate surface area is 129 Å². The summed E-state index contributed by atoms with van der Waals surface area (Å²) in [6.45, 7) is 0.119. The highest BCUT2D eigenvalue weighted by atomic mass is 16.5. The molecule has 2 rings (SSSR count). The molecule has 0 aromatic heterocycles. The van der Waals surface area contributed by atoms with Gasteiger partial charge in [0.1, 0.15) is 18.1 Å². The second kappa shape index (κ2) is 7.26. The predicted octanol–water partition coefficient (Wildman–Crippen LogP) is 2.82. The molecule has 0 spiro atoms. The Bertz CT molecular complexity index is 668. The van der Waals surface area contributed by atoms with Gasteiger partial charge in [0.15, 0.2) is 5.71 Å². The Balaban J connectivity index is 2.11. The van der Waals surface area contributed by atoms with Crippen molar-refractivity contribution in [1.82, 2.24) is 0 Å². The molecule has 0 aliphatic rings. The first kappa shape index (κ1) is 15.6. The summed E-state index contributed by atoms with van der Waals surface area (Å²) in [7, 11) is 3.00. The second-order valence-corrected chi connectivity index (χ2v) is 4.50. The van der Waals surface area contributed by atoms with E-state index < -0.39 is 5.97 Å². The Morgan fingerprint density at radius 2 is 1.77 bits per heavy atom. The normalized spacial score (nSPS) is 9.91. The highest BCUT2D eigenvalue weighted by Gasteiger charge is 2.18. The fourth-order valence-corrected chi connectivity index (χ4v) is 1.91. The van der Waals surface area contributed by atoms with Crippen molar-refractivity contribution in [3.63, 3.8) is 0 Å². The van der Waals surface area contributed by atoms with E-state index in [0.717, 1.165) is 5.56 Å². The molecule has 0 saturated heterocycles. The standard InChI is InChI=1S/C17H17NO4/c1-20-13-8-9-15(21-2)14(10-13)16(18)17(19)22-11-12-6-4-3-5-7-12/h3-10,18H,11H2,1-2H3. The maximum absolute atomic E-state index is 12.0. The molecule has 2 aromatic rings. The number of carbonyl (C=O) groups excluding carboxylic acids is 1. The summed E-state index contributed by atoms with van der Waals surface area (Å²) >= 11 is 0. The van der Waals surface area contributed by atoms with Crippen LogP contribution in [0.15, 0.2) is 48.5 Å². The lowest BCUT2D eigenvalue weighted by atomic mass is 10.1. The lowest BCUT2D eigenvalue weighted by molar-refractivity contribution is -0.136. The average molecular weight is 299 g/mol. The van der Waals surface area contributed by atoms with Crippen LogP contribution in [0.25, 0.3) is 0 Å². The molecule has 0 aliphatic heterocycles. The average Bonchev–Trinajstić information content (AvgIpc) is 2.59. The molecule has 1 N–H and O–H groups in total. The van der Waals surface area contributed by atoms with Crippen LogP contribution in [0.4, 0.5) is 0 Å². The van der Waals surface area contributed by atoms with E-state index in [2.05, 4.69) is 0 Å². The van der Waals surface area contributed by atoms with Crippen LogP contribution in [0.5, 0.6) is 11.5 Å². The van der Waals surface area contributed by atoms with Gasteiger partial charge >= 0.3 is 5.97 Å². The van der Waals surface area contributed by atoms with Gasteiger partial charge in [-0.25, -0.2) is 4.79 Å². The Morgan fingerprint density at radius 1 is 1.05 bits per heavy atom. The molecule has 0 aliphatic carbocycles. The summed E-state index contributed by atoms with van der Waals surface area (Å²) in [5.74, 6) is 0.245. The second-order valence-electron chi connectivity index (χ2n) is 4.50. The number of ether oxygens (including phenoxy) is 3. The minimum absolute atomic E-state index is 0.119. The van der Waals surface area contributed by atoms with Crippen LogP contribution in [0.3, 0.4) is 0 Å². The molecule has 0 heterocycles. The van der Waals surface area contributed by atoms with Gasteiger partial charge in [-0.2, -0.15) is 0 Å². The van der Waals surface area contributed by atoms with Crippen molar-refractivity contribution >= 4 is 11.7 Å². The van der Waals surface area contributed by atoms with E-state index in [4.69, 9.17) is 19.6 Å². The van der Waals surface area contributed by atoms with Crippen molar-refractivity contribution in [2.75, 3.05) is 14.2 Å². The van der Waals surface area contributed by atoms with Crippen molar-refractivity contribution < 1.29 is 19.0 Å². The summed E-state index contributed by atoms with van der Waals surface area (Å²) < 4.78 is 15.4. The fraction of sp³-hybridized carbons (Fsp3) is 0.176. The lowest BCUT2D eigenvalue weighted by Crippen LogP contribution is -2.18. The highest BCUT2D eigenvalue weighted by Crippen LogP contribution is 2.24. The van der Waals surface area contributed by atoms with E-state index in [1.165, 1.54) is 14.2 Å². The fourth-order valence-electron chi connectivity index (χ4n) is 1.91. The van der Waals surface area contributed by atoms with E-state index in [-0.39, 0.29) is 12.3 Å². The number of rotatable bonds is 6. The van der Waals surface area contributed by atoms with E-state index >= 15 is 0 Å². The zero-order chi connectivity index (χ0) is 15.9. The number of benzene rings is 2. The molecule has 5 heteroatoms. The molecule has 0 bridgehead atoms. The molecular formula is C17H17NO4. The zero-order valence-electron chi connectivity index (χ0n) is 12.5. The third-order valence-corrected chi connectivity index (χ3v) is 3.09. The van der Waals surface area contributed by atoms with Crippen LogP contribution in [0.1, 0.15) is 11.1 Å². The van der Waals surface area contributed by atoms with Crippen molar-refractivity contribution in [3.8, 4) is 11.5 Å². The van der Waals surface area contributed by atoms with E-state index in [9.17, 15) is 4.79 Å². The first-order chi connectivity index (χ1) is 10.7. The molecule has 114 valence electrons. The first-order valence-electron chi connectivity index (χ1n) is 6.67. The Morgan fingerprint density at radius 3 is 2.41 bits per heavy atom. The van der Waals surface area contributed by atoms with Gasteiger partial charge < -0.3 is 14.2 Å². The predicted molar refractivity (Wildman–Crippen MR) is 82.6 cm³/mol. The van der Waals surface area contributed by atoms with Gasteiger partial charge in [0.25, 0.3) is 0 Å². The summed E-state index contributed by atoms with van der Waals surface area (Å²) in [5, 5.41) is 8.01. The van der Waals surface area contributed by atoms with E-state index in [0.29, 0.717) is 17.1 Å². The van der Waals surface area contributed by atoms with E-state index in [1.807, 2.05) is 30.3 Å². The molecule has 0 radical (unpaired) electrons. The van der Waals surface area contributed by atoms with Crippen LogP contribution >= 0.6 is 0 Å². The summed E-state index contributed by atoms with van der Waals surface area (Å²) in [5.41, 5.74) is 0.924. The molecule has 5 nitrogen and oxygen atoms in total. The third kappa shape index (κ3) is 3.63. The minimum Gasteiger partial charge on any atom is -0.497 e. The van der Waals surface area contributed by atoms with Crippen LogP contribution in [-0.4, -0.2) is 25.9 Å². The van der Waals surface area contributed by atoms with Gasteiger partial charge in [0, 0.05) is 0 Å². The van der Waals surface area contributed by atoms with Crippen LogP contribution in [0, 0.1) is 5.41 Å². The Hall–Kier alpha value is -2.82.